The zero-order valence-corrected chi connectivity index (χ0v) is 21.3. The highest BCUT2D eigenvalue weighted by molar-refractivity contribution is 7.99. The van der Waals surface area contributed by atoms with Crippen LogP contribution in [0.5, 0.6) is 0 Å². The van der Waals surface area contributed by atoms with Crippen molar-refractivity contribution < 1.29 is 9.59 Å². The molecule has 2 amide bonds. The first kappa shape index (κ1) is 25.4. The second kappa shape index (κ2) is 12.3. The van der Waals surface area contributed by atoms with E-state index in [-0.39, 0.29) is 17.9 Å². The average Bonchev–Trinajstić information content (AvgIpc) is 3.26. The Labute approximate surface area is 203 Å². The average molecular weight is 467 g/mol. The van der Waals surface area contributed by atoms with E-state index in [1.807, 2.05) is 19.1 Å². The summed E-state index contributed by atoms with van der Waals surface area (Å²) in [5.74, 6) is 1.17. The summed E-state index contributed by atoms with van der Waals surface area (Å²) in [6.07, 6.45) is 5.03. The summed E-state index contributed by atoms with van der Waals surface area (Å²) in [5.41, 5.74) is 5.95. The molecule has 1 fully saturated rings. The molecule has 1 aliphatic carbocycles. The molecule has 0 heterocycles. The van der Waals surface area contributed by atoms with E-state index in [0.29, 0.717) is 18.7 Å². The van der Waals surface area contributed by atoms with Gasteiger partial charge in [0, 0.05) is 18.3 Å². The van der Waals surface area contributed by atoms with E-state index in [2.05, 4.69) is 56.4 Å². The summed E-state index contributed by atoms with van der Waals surface area (Å²) < 4.78 is 0. The van der Waals surface area contributed by atoms with Crippen molar-refractivity contribution in [3.8, 4) is 0 Å². The summed E-state index contributed by atoms with van der Waals surface area (Å²) >= 11 is 1.62. The van der Waals surface area contributed by atoms with Crippen LogP contribution in [0.25, 0.3) is 0 Å². The summed E-state index contributed by atoms with van der Waals surface area (Å²) in [6, 6.07) is 14.5. The van der Waals surface area contributed by atoms with Gasteiger partial charge in [-0.05, 0) is 51.2 Å². The van der Waals surface area contributed by atoms with Crippen molar-refractivity contribution in [2.75, 3.05) is 5.75 Å². The lowest BCUT2D eigenvalue weighted by molar-refractivity contribution is -0.139. The van der Waals surface area contributed by atoms with Crippen molar-refractivity contribution in [3.63, 3.8) is 0 Å². The molecule has 0 radical (unpaired) electrons. The Bertz CT molecular complexity index is 932. The molecule has 1 unspecified atom stereocenters. The summed E-state index contributed by atoms with van der Waals surface area (Å²) in [5, 5.41) is 3.22. The van der Waals surface area contributed by atoms with Crippen LogP contribution in [0.4, 0.5) is 0 Å². The van der Waals surface area contributed by atoms with Crippen LogP contribution in [0.3, 0.4) is 0 Å². The zero-order chi connectivity index (χ0) is 23.8. The number of nitrogens with zero attached hydrogens (tertiary/aromatic N) is 1. The number of amides is 2. The molecule has 33 heavy (non-hydrogen) atoms. The number of carbonyl (C=O) groups excluding carboxylic acids is 2. The van der Waals surface area contributed by atoms with Crippen molar-refractivity contribution in [2.24, 2.45) is 0 Å². The Balaban J connectivity index is 1.71. The molecule has 2 aromatic carbocycles. The Morgan fingerprint density at radius 1 is 1.00 bits per heavy atom. The molecule has 0 bridgehead atoms. The largest absolute Gasteiger partial charge is 0.352 e. The maximum absolute atomic E-state index is 13.4. The molecule has 2 aromatic rings. The Morgan fingerprint density at radius 2 is 1.67 bits per heavy atom. The molecule has 0 saturated heterocycles. The monoisotopic (exact) mass is 466 g/mol. The molecule has 1 atom stereocenters. The fraction of sp³-hybridized carbons (Fsp3) is 0.500. The van der Waals surface area contributed by atoms with Crippen molar-refractivity contribution >= 4 is 23.6 Å². The molecule has 0 spiro atoms. The van der Waals surface area contributed by atoms with E-state index in [0.717, 1.165) is 29.7 Å². The Morgan fingerprint density at radius 3 is 2.30 bits per heavy atom. The van der Waals surface area contributed by atoms with Crippen LogP contribution in [0, 0.1) is 20.8 Å². The van der Waals surface area contributed by atoms with E-state index in [4.69, 9.17) is 0 Å². The number of aryl methyl sites for hydroxylation is 3. The van der Waals surface area contributed by atoms with Gasteiger partial charge in [0.2, 0.25) is 11.8 Å². The number of rotatable bonds is 10. The summed E-state index contributed by atoms with van der Waals surface area (Å²) in [6.45, 7) is 8.72. The lowest BCUT2D eigenvalue weighted by Crippen LogP contribution is -2.51. The van der Waals surface area contributed by atoms with E-state index in [9.17, 15) is 9.59 Å². The molecule has 5 heteroatoms. The molecule has 0 aromatic heterocycles. The van der Waals surface area contributed by atoms with Crippen LogP contribution in [0.1, 0.15) is 66.8 Å². The molecule has 4 nitrogen and oxygen atoms in total. The van der Waals surface area contributed by atoms with Gasteiger partial charge in [-0.2, -0.15) is 0 Å². The first-order valence-corrected chi connectivity index (χ1v) is 13.3. The molecule has 0 aliphatic heterocycles. The predicted molar refractivity (Wildman–Crippen MR) is 138 cm³/mol. The van der Waals surface area contributed by atoms with Gasteiger partial charge in [-0.3, -0.25) is 9.59 Å². The van der Waals surface area contributed by atoms with Gasteiger partial charge in [0.15, 0.2) is 0 Å². The van der Waals surface area contributed by atoms with Crippen LogP contribution in [-0.2, 0) is 21.9 Å². The van der Waals surface area contributed by atoms with Gasteiger partial charge in [0.05, 0.1) is 5.75 Å². The van der Waals surface area contributed by atoms with Crippen molar-refractivity contribution in [1.29, 1.82) is 0 Å². The number of carbonyl (C=O) groups is 2. The normalized spacial score (nSPS) is 14.8. The first-order chi connectivity index (χ1) is 15.9. The molecule has 3 rings (SSSR count). The molecular formula is C28H38N2O2S. The minimum absolute atomic E-state index is 0.00953. The number of nitrogens with one attached hydrogen (secondary N) is 1. The highest BCUT2D eigenvalue weighted by atomic mass is 32.2. The van der Waals surface area contributed by atoms with E-state index in [1.54, 1.807) is 16.7 Å². The van der Waals surface area contributed by atoms with E-state index >= 15 is 0 Å². The van der Waals surface area contributed by atoms with Crippen LogP contribution in [0.15, 0.2) is 42.5 Å². The van der Waals surface area contributed by atoms with Crippen LogP contribution < -0.4 is 5.32 Å². The third-order valence-electron chi connectivity index (χ3n) is 6.30. The quantitative estimate of drug-likeness (QED) is 0.488. The number of hydrogen-bond acceptors (Lipinski definition) is 3. The van der Waals surface area contributed by atoms with Crippen molar-refractivity contribution in [3.05, 3.63) is 70.3 Å². The van der Waals surface area contributed by atoms with Gasteiger partial charge in [-0.25, -0.2) is 0 Å². The summed E-state index contributed by atoms with van der Waals surface area (Å²) in [4.78, 5) is 28.4. The van der Waals surface area contributed by atoms with Gasteiger partial charge < -0.3 is 10.2 Å². The van der Waals surface area contributed by atoms with Gasteiger partial charge in [0.25, 0.3) is 0 Å². The van der Waals surface area contributed by atoms with Crippen molar-refractivity contribution in [2.45, 2.75) is 84.2 Å². The number of benzene rings is 2. The van der Waals surface area contributed by atoms with Crippen LogP contribution in [0.2, 0.25) is 0 Å². The first-order valence-electron chi connectivity index (χ1n) is 12.2. The maximum Gasteiger partial charge on any atom is 0.243 e. The molecule has 178 valence electrons. The van der Waals surface area contributed by atoms with E-state index in [1.165, 1.54) is 29.5 Å². The second-order valence-electron chi connectivity index (χ2n) is 9.41. The maximum atomic E-state index is 13.4. The third-order valence-corrected chi connectivity index (χ3v) is 7.29. The fourth-order valence-electron chi connectivity index (χ4n) is 4.79. The number of hydrogen-bond donors (Lipinski definition) is 1. The van der Waals surface area contributed by atoms with Gasteiger partial charge >= 0.3 is 0 Å². The van der Waals surface area contributed by atoms with E-state index < -0.39 is 6.04 Å². The molecule has 1 saturated carbocycles. The Kier molecular flexibility index (Phi) is 9.42. The minimum atomic E-state index is -0.444. The van der Waals surface area contributed by atoms with Gasteiger partial charge in [0.1, 0.15) is 6.04 Å². The smallest absolute Gasteiger partial charge is 0.243 e. The molecular weight excluding hydrogens is 428 g/mol. The summed E-state index contributed by atoms with van der Waals surface area (Å²) in [7, 11) is 0. The minimum Gasteiger partial charge on any atom is -0.352 e. The third kappa shape index (κ3) is 7.63. The van der Waals surface area contributed by atoms with Crippen LogP contribution in [-0.4, -0.2) is 34.6 Å². The zero-order valence-electron chi connectivity index (χ0n) is 20.5. The van der Waals surface area contributed by atoms with Crippen LogP contribution >= 0.6 is 11.8 Å². The molecule has 1 aliphatic rings. The highest BCUT2D eigenvalue weighted by Crippen LogP contribution is 2.21. The lowest BCUT2D eigenvalue weighted by Gasteiger charge is -2.31. The standard InChI is InChI=1S/C28H38N2O2S/c1-5-26(28(32)29-25-11-6-7-12-25)30(17-23-10-8-9-20(2)14-23)27(31)19-33-18-24-15-21(3)13-22(4)16-24/h8-10,13-16,25-26H,5-7,11-12,17-19H2,1-4H3,(H,29,32). The lowest BCUT2D eigenvalue weighted by atomic mass is 10.1. The van der Waals surface area contributed by atoms with Crippen molar-refractivity contribution in [1.82, 2.24) is 10.2 Å². The number of thioether (sulfide) groups is 1. The van der Waals surface area contributed by atoms with Gasteiger partial charge in [-0.1, -0.05) is 78.9 Å². The topological polar surface area (TPSA) is 49.4 Å². The van der Waals surface area contributed by atoms with Gasteiger partial charge in [-0.15, -0.1) is 11.8 Å². The molecule has 1 N–H and O–H groups in total. The highest BCUT2D eigenvalue weighted by Gasteiger charge is 2.30. The SMILES string of the molecule is CCC(C(=O)NC1CCCC1)N(Cc1cccc(C)c1)C(=O)CSCc1cc(C)cc(C)c1. The second-order valence-corrected chi connectivity index (χ2v) is 10.4. The fourth-order valence-corrected chi connectivity index (χ4v) is 5.63. The Hall–Kier alpha value is -2.27. The predicted octanol–water partition coefficient (Wildman–Crippen LogP) is 5.71.